The SMILES string of the molecule is O=C(NNC(=S)Nc1ccccc1)C1=CC(NC(=O)c2cccc(Cl)c2)=CCC1. The van der Waals surface area contributed by atoms with Crippen LogP contribution in [0.2, 0.25) is 5.02 Å². The van der Waals surface area contributed by atoms with Crippen molar-refractivity contribution in [2.45, 2.75) is 12.8 Å². The summed E-state index contributed by atoms with van der Waals surface area (Å²) in [6.45, 7) is 0. The number of hydrazine groups is 1. The number of carbonyl (C=O) groups excluding carboxylic acids is 2. The average molecular weight is 427 g/mol. The van der Waals surface area contributed by atoms with E-state index in [-0.39, 0.29) is 16.9 Å². The Labute approximate surface area is 179 Å². The van der Waals surface area contributed by atoms with Crippen LogP contribution in [0.1, 0.15) is 23.2 Å². The third-order valence-corrected chi connectivity index (χ3v) is 4.50. The number of carbonyl (C=O) groups is 2. The molecule has 0 heterocycles. The summed E-state index contributed by atoms with van der Waals surface area (Å²) >= 11 is 11.1. The van der Waals surface area contributed by atoms with E-state index in [0.29, 0.717) is 34.7 Å². The van der Waals surface area contributed by atoms with Crippen molar-refractivity contribution >= 4 is 46.4 Å². The van der Waals surface area contributed by atoms with Crippen LogP contribution in [0.3, 0.4) is 0 Å². The molecule has 148 valence electrons. The Morgan fingerprint density at radius 3 is 2.48 bits per heavy atom. The number of nitrogens with one attached hydrogen (secondary N) is 4. The number of thiocarbonyl (C=S) groups is 1. The van der Waals surface area contributed by atoms with Gasteiger partial charge in [-0.3, -0.25) is 20.4 Å². The van der Waals surface area contributed by atoms with Crippen molar-refractivity contribution in [3.05, 3.63) is 88.6 Å². The van der Waals surface area contributed by atoms with Crippen LogP contribution in [0, 0.1) is 0 Å². The normalized spacial score (nSPS) is 12.9. The number of hydrogen-bond donors (Lipinski definition) is 4. The average Bonchev–Trinajstić information content (AvgIpc) is 2.73. The minimum atomic E-state index is -0.315. The number of amides is 2. The third kappa shape index (κ3) is 6.17. The second-order valence-corrected chi connectivity index (χ2v) is 7.08. The summed E-state index contributed by atoms with van der Waals surface area (Å²) < 4.78 is 0. The molecule has 2 aromatic rings. The van der Waals surface area contributed by atoms with Crippen molar-refractivity contribution in [3.63, 3.8) is 0 Å². The molecular weight excluding hydrogens is 408 g/mol. The van der Waals surface area contributed by atoms with E-state index in [2.05, 4.69) is 21.5 Å². The third-order valence-electron chi connectivity index (χ3n) is 4.07. The summed E-state index contributed by atoms with van der Waals surface area (Å²) in [5.41, 5.74) is 7.60. The van der Waals surface area contributed by atoms with Gasteiger partial charge in [0.15, 0.2) is 5.11 Å². The lowest BCUT2D eigenvalue weighted by molar-refractivity contribution is -0.118. The Morgan fingerprint density at radius 2 is 1.72 bits per heavy atom. The van der Waals surface area contributed by atoms with E-state index in [9.17, 15) is 9.59 Å². The molecule has 6 nitrogen and oxygen atoms in total. The first-order valence-electron chi connectivity index (χ1n) is 8.91. The number of para-hydroxylation sites is 1. The molecule has 2 aromatic carbocycles. The van der Waals surface area contributed by atoms with Gasteiger partial charge < -0.3 is 10.6 Å². The standard InChI is InChI=1S/C21H19ClN4O2S/c22-16-8-4-6-14(12-16)19(27)23-18-11-5-7-15(13-18)20(28)25-26-21(29)24-17-9-2-1-3-10-17/h1-4,6,8-13H,5,7H2,(H,23,27)(H,25,28)(H2,24,26,29). The predicted octanol–water partition coefficient (Wildman–Crippen LogP) is 3.69. The molecule has 8 heteroatoms. The van der Waals surface area contributed by atoms with Gasteiger partial charge in [-0.2, -0.15) is 0 Å². The first-order valence-corrected chi connectivity index (χ1v) is 9.70. The van der Waals surface area contributed by atoms with Crippen LogP contribution in [-0.2, 0) is 4.79 Å². The maximum Gasteiger partial charge on any atom is 0.265 e. The maximum atomic E-state index is 12.4. The van der Waals surface area contributed by atoms with Crippen molar-refractivity contribution in [2.24, 2.45) is 0 Å². The van der Waals surface area contributed by atoms with Crippen LogP contribution in [0.5, 0.6) is 0 Å². The van der Waals surface area contributed by atoms with E-state index < -0.39 is 0 Å². The molecule has 29 heavy (non-hydrogen) atoms. The van der Waals surface area contributed by atoms with Crippen molar-refractivity contribution < 1.29 is 9.59 Å². The minimum absolute atomic E-state index is 0.269. The lowest BCUT2D eigenvalue weighted by atomic mass is 10.0. The Balaban J connectivity index is 1.54. The number of halogens is 1. The van der Waals surface area contributed by atoms with Crippen LogP contribution in [0.15, 0.2) is 78.0 Å². The van der Waals surface area contributed by atoms with Crippen LogP contribution in [-0.4, -0.2) is 16.9 Å². The van der Waals surface area contributed by atoms with E-state index in [4.69, 9.17) is 23.8 Å². The van der Waals surface area contributed by atoms with Gasteiger partial charge in [-0.25, -0.2) is 0 Å². The molecule has 4 N–H and O–H groups in total. The second kappa shape index (κ2) is 9.86. The van der Waals surface area contributed by atoms with Gasteiger partial charge in [0.05, 0.1) is 0 Å². The Kier molecular flexibility index (Phi) is 6.99. The molecule has 0 unspecified atom stereocenters. The fraction of sp³-hybridized carbons (Fsp3) is 0.0952. The van der Waals surface area contributed by atoms with Crippen LogP contribution < -0.4 is 21.5 Å². The molecule has 0 atom stereocenters. The van der Waals surface area contributed by atoms with Gasteiger partial charge >= 0.3 is 0 Å². The molecule has 0 spiro atoms. The van der Waals surface area contributed by atoms with Crippen molar-refractivity contribution in [1.82, 2.24) is 16.2 Å². The molecule has 0 saturated heterocycles. The Hall–Kier alpha value is -3.16. The molecule has 0 aromatic heterocycles. The van der Waals surface area contributed by atoms with Crippen molar-refractivity contribution in [3.8, 4) is 0 Å². The first-order chi connectivity index (χ1) is 14.0. The van der Waals surface area contributed by atoms with Gasteiger partial charge in [0.1, 0.15) is 0 Å². The zero-order valence-corrected chi connectivity index (χ0v) is 16.9. The Morgan fingerprint density at radius 1 is 0.931 bits per heavy atom. The van der Waals surface area contributed by atoms with E-state index >= 15 is 0 Å². The molecule has 1 aliphatic carbocycles. The van der Waals surface area contributed by atoms with E-state index in [1.54, 1.807) is 30.3 Å². The zero-order chi connectivity index (χ0) is 20.6. The van der Waals surface area contributed by atoms with Gasteiger partial charge in [0, 0.05) is 27.5 Å². The summed E-state index contributed by atoms with van der Waals surface area (Å²) in [5.74, 6) is -0.604. The topological polar surface area (TPSA) is 82.3 Å². The monoisotopic (exact) mass is 426 g/mol. The highest BCUT2D eigenvalue weighted by Crippen LogP contribution is 2.17. The fourth-order valence-electron chi connectivity index (χ4n) is 2.68. The number of anilines is 1. The van der Waals surface area contributed by atoms with Crippen molar-refractivity contribution in [2.75, 3.05) is 5.32 Å². The summed E-state index contributed by atoms with van der Waals surface area (Å²) in [6, 6.07) is 16.0. The highest BCUT2D eigenvalue weighted by Gasteiger charge is 2.15. The number of allylic oxidation sites excluding steroid dienone is 2. The quantitative estimate of drug-likeness (QED) is 0.442. The second-order valence-electron chi connectivity index (χ2n) is 6.23. The van der Waals surface area contributed by atoms with Gasteiger partial charge in [-0.1, -0.05) is 41.9 Å². The summed E-state index contributed by atoms with van der Waals surface area (Å²) in [5, 5.41) is 6.51. The highest BCUT2D eigenvalue weighted by atomic mass is 35.5. The van der Waals surface area contributed by atoms with E-state index in [0.717, 1.165) is 5.69 Å². The molecule has 1 aliphatic rings. The largest absolute Gasteiger partial charge is 0.331 e. The molecule has 0 bridgehead atoms. The molecule has 3 rings (SSSR count). The lowest BCUT2D eigenvalue weighted by Gasteiger charge is -2.16. The van der Waals surface area contributed by atoms with E-state index in [1.807, 2.05) is 36.4 Å². The smallest absolute Gasteiger partial charge is 0.265 e. The molecule has 0 saturated carbocycles. The Bertz CT molecular complexity index is 989. The molecule has 2 amide bonds. The highest BCUT2D eigenvalue weighted by molar-refractivity contribution is 7.80. The number of rotatable bonds is 4. The summed E-state index contributed by atoms with van der Waals surface area (Å²) in [6.07, 6.45) is 4.71. The number of benzene rings is 2. The van der Waals surface area contributed by atoms with Crippen LogP contribution in [0.4, 0.5) is 5.69 Å². The summed E-state index contributed by atoms with van der Waals surface area (Å²) in [7, 11) is 0. The fourth-order valence-corrected chi connectivity index (χ4v) is 3.04. The molecule has 0 aliphatic heterocycles. The first kappa shape index (κ1) is 20.6. The van der Waals surface area contributed by atoms with Crippen molar-refractivity contribution in [1.29, 1.82) is 0 Å². The van der Waals surface area contributed by atoms with Gasteiger partial charge in [-0.05, 0) is 61.5 Å². The van der Waals surface area contributed by atoms with E-state index in [1.165, 1.54) is 0 Å². The van der Waals surface area contributed by atoms with Gasteiger partial charge in [0.25, 0.3) is 11.8 Å². The van der Waals surface area contributed by atoms with Gasteiger partial charge in [-0.15, -0.1) is 0 Å². The zero-order valence-electron chi connectivity index (χ0n) is 15.4. The molecule has 0 fully saturated rings. The molecular formula is C21H19ClN4O2S. The maximum absolute atomic E-state index is 12.4. The predicted molar refractivity (Wildman–Crippen MR) is 118 cm³/mol. The minimum Gasteiger partial charge on any atom is -0.331 e. The lowest BCUT2D eigenvalue weighted by Crippen LogP contribution is -2.44. The van der Waals surface area contributed by atoms with Gasteiger partial charge in [0.2, 0.25) is 0 Å². The van der Waals surface area contributed by atoms with Crippen LogP contribution >= 0.6 is 23.8 Å². The molecule has 0 radical (unpaired) electrons. The van der Waals surface area contributed by atoms with Crippen LogP contribution in [0.25, 0.3) is 0 Å². The summed E-state index contributed by atoms with van der Waals surface area (Å²) in [4.78, 5) is 24.8. The number of hydrogen-bond acceptors (Lipinski definition) is 3.